The minimum Gasteiger partial charge on any atom is -0.339 e. The van der Waals surface area contributed by atoms with Gasteiger partial charge < -0.3 is 10.2 Å². The van der Waals surface area contributed by atoms with Crippen molar-refractivity contribution >= 4 is 24.0 Å². The number of hydrogen-bond acceptors (Lipinski definition) is 4. The van der Waals surface area contributed by atoms with Gasteiger partial charge in [-0.15, -0.1) is 12.4 Å². The molecule has 1 N–H and O–H groups in total. The van der Waals surface area contributed by atoms with Crippen LogP contribution < -0.4 is 5.32 Å². The van der Waals surface area contributed by atoms with Gasteiger partial charge in [0.15, 0.2) is 0 Å². The first-order valence-corrected chi connectivity index (χ1v) is 7.21. The maximum atomic E-state index is 12.5. The Morgan fingerprint density at radius 2 is 2.00 bits per heavy atom. The number of amides is 1. The highest BCUT2D eigenvalue weighted by molar-refractivity contribution is 5.95. The number of nitrogens with one attached hydrogen (secondary N) is 1. The van der Waals surface area contributed by atoms with Crippen LogP contribution in [0.3, 0.4) is 0 Å². The summed E-state index contributed by atoms with van der Waals surface area (Å²) in [5, 5.41) is 14.1. The first-order valence-electron chi connectivity index (χ1n) is 7.21. The van der Waals surface area contributed by atoms with Crippen molar-refractivity contribution in [2.24, 2.45) is 5.92 Å². The maximum absolute atomic E-state index is 12.5. The van der Waals surface area contributed by atoms with Crippen LogP contribution in [0.4, 0.5) is 5.69 Å². The number of nitrogens with zero attached hydrogens (tertiary/aromatic N) is 2. The van der Waals surface area contributed by atoms with E-state index in [0.29, 0.717) is 24.6 Å². The average Bonchev–Trinajstić information content (AvgIpc) is 2.47. The van der Waals surface area contributed by atoms with Gasteiger partial charge in [-0.2, -0.15) is 0 Å². The molecule has 1 aromatic rings. The van der Waals surface area contributed by atoms with Crippen LogP contribution in [-0.4, -0.2) is 42.4 Å². The number of hydrogen-bond donors (Lipinski definition) is 1. The zero-order chi connectivity index (χ0) is 15.4. The van der Waals surface area contributed by atoms with Gasteiger partial charge >= 0.3 is 0 Å². The SMILES string of the molecule is CNCC1CCN(C(=O)c2cc(C)cc([N+](=O)[O-])c2)CC1.Cl. The first-order chi connectivity index (χ1) is 10.0. The maximum Gasteiger partial charge on any atom is 0.270 e. The Bertz CT molecular complexity index is 543. The third-order valence-corrected chi connectivity index (χ3v) is 3.91. The predicted octanol–water partition coefficient (Wildman–Crippen LogP) is 2.40. The lowest BCUT2D eigenvalue weighted by Gasteiger charge is -2.32. The number of non-ortho nitro benzene ring substituents is 1. The fourth-order valence-electron chi connectivity index (χ4n) is 2.80. The van der Waals surface area contributed by atoms with Gasteiger partial charge in [-0.1, -0.05) is 0 Å². The molecule has 0 aliphatic carbocycles. The highest BCUT2D eigenvalue weighted by Gasteiger charge is 2.24. The second kappa shape index (κ2) is 8.10. The Morgan fingerprint density at radius 3 is 2.55 bits per heavy atom. The van der Waals surface area contributed by atoms with Crippen molar-refractivity contribution in [1.82, 2.24) is 10.2 Å². The summed E-state index contributed by atoms with van der Waals surface area (Å²) in [6.07, 6.45) is 1.95. The molecule has 0 saturated carbocycles. The Hall–Kier alpha value is -1.66. The number of piperidine rings is 1. The van der Waals surface area contributed by atoms with Gasteiger partial charge in [0.2, 0.25) is 0 Å². The molecule has 0 atom stereocenters. The number of rotatable bonds is 4. The van der Waals surface area contributed by atoms with Gasteiger partial charge in [-0.3, -0.25) is 14.9 Å². The Balaban J connectivity index is 0.00000242. The zero-order valence-electron chi connectivity index (χ0n) is 12.9. The molecule has 6 nitrogen and oxygen atoms in total. The third-order valence-electron chi connectivity index (χ3n) is 3.91. The number of likely N-dealkylation sites (tertiary alicyclic amines) is 1. The van der Waals surface area contributed by atoms with E-state index in [2.05, 4.69) is 5.32 Å². The molecule has 1 amide bonds. The summed E-state index contributed by atoms with van der Waals surface area (Å²) in [6.45, 7) is 4.17. The second-order valence-corrected chi connectivity index (χ2v) is 5.61. The Morgan fingerprint density at radius 1 is 1.36 bits per heavy atom. The number of halogens is 1. The topological polar surface area (TPSA) is 75.5 Å². The van der Waals surface area contributed by atoms with Crippen molar-refractivity contribution < 1.29 is 9.72 Å². The number of carbonyl (C=O) groups is 1. The summed E-state index contributed by atoms with van der Waals surface area (Å²) in [7, 11) is 1.93. The molecule has 0 radical (unpaired) electrons. The van der Waals surface area contributed by atoms with Crippen LogP contribution in [-0.2, 0) is 0 Å². The molecular weight excluding hydrogens is 306 g/mol. The molecule has 1 aliphatic rings. The molecule has 2 rings (SSSR count). The van der Waals surface area contributed by atoms with E-state index in [0.717, 1.165) is 24.9 Å². The van der Waals surface area contributed by atoms with Crippen molar-refractivity contribution in [3.8, 4) is 0 Å². The van der Waals surface area contributed by atoms with Crippen LogP contribution in [0.1, 0.15) is 28.8 Å². The summed E-state index contributed by atoms with van der Waals surface area (Å²) in [5.41, 5.74) is 1.12. The number of nitro benzene ring substituents is 1. The van der Waals surface area contributed by atoms with E-state index in [1.807, 2.05) is 7.05 Å². The summed E-state index contributed by atoms with van der Waals surface area (Å²) in [4.78, 5) is 24.7. The highest BCUT2D eigenvalue weighted by Crippen LogP contribution is 2.21. The number of benzene rings is 1. The third kappa shape index (κ3) is 4.42. The fourth-order valence-corrected chi connectivity index (χ4v) is 2.80. The normalized spacial score (nSPS) is 15.3. The summed E-state index contributed by atoms with van der Waals surface area (Å²) >= 11 is 0. The van der Waals surface area contributed by atoms with E-state index in [-0.39, 0.29) is 24.0 Å². The van der Waals surface area contributed by atoms with E-state index in [1.165, 1.54) is 12.1 Å². The summed E-state index contributed by atoms with van der Waals surface area (Å²) in [6, 6.07) is 4.57. The molecule has 0 aromatic heterocycles. The smallest absolute Gasteiger partial charge is 0.270 e. The van der Waals surface area contributed by atoms with Crippen LogP contribution in [0.5, 0.6) is 0 Å². The van der Waals surface area contributed by atoms with Gasteiger partial charge in [0, 0.05) is 30.8 Å². The lowest BCUT2D eigenvalue weighted by atomic mass is 9.96. The van der Waals surface area contributed by atoms with Crippen LogP contribution in [0, 0.1) is 23.0 Å². The molecule has 1 heterocycles. The molecule has 1 saturated heterocycles. The summed E-state index contributed by atoms with van der Waals surface area (Å²) in [5.74, 6) is 0.496. The van der Waals surface area contributed by atoms with Crippen LogP contribution in [0.2, 0.25) is 0 Å². The monoisotopic (exact) mass is 327 g/mol. The fraction of sp³-hybridized carbons (Fsp3) is 0.533. The number of carbonyl (C=O) groups excluding carboxylic acids is 1. The van der Waals surface area contributed by atoms with Crippen LogP contribution in [0.25, 0.3) is 0 Å². The van der Waals surface area contributed by atoms with Crippen LogP contribution in [0.15, 0.2) is 18.2 Å². The number of nitro groups is 1. The second-order valence-electron chi connectivity index (χ2n) is 5.61. The average molecular weight is 328 g/mol. The molecule has 1 aliphatic heterocycles. The van der Waals surface area contributed by atoms with Crippen molar-refractivity contribution in [3.63, 3.8) is 0 Å². The van der Waals surface area contributed by atoms with Crippen molar-refractivity contribution in [2.45, 2.75) is 19.8 Å². The standard InChI is InChI=1S/C15H21N3O3.ClH/c1-11-7-13(9-14(8-11)18(20)21)15(19)17-5-3-12(4-6-17)10-16-2;/h7-9,12,16H,3-6,10H2,1-2H3;1H. The molecule has 1 fully saturated rings. The summed E-state index contributed by atoms with van der Waals surface area (Å²) < 4.78 is 0. The molecule has 7 heteroatoms. The van der Waals surface area contributed by atoms with Gasteiger partial charge in [0.1, 0.15) is 0 Å². The molecular formula is C15H22ClN3O3. The Kier molecular flexibility index (Phi) is 6.77. The van der Waals surface area contributed by atoms with Crippen molar-refractivity contribution in [2.75, 3.05) is 26.7 Å². The van der Waals surface area contributed by atoms with Gasteiger partial charge in [-0.05, 0) is 50.9 Å². The molecule has 1 aromatic carbocycles. The van der Waals surface area contributed by atoms with E-state index in [1.54, 1.807) is 17.9 Å². The van der Waals surface area contributed by atoms with Crippen molar-refractivity contribution in [1.29, 1.82) is 0 Å². The highest BCUT2D eigenvalue weighted by atomic mass is 35.5. The first kappa shape index (κ1) is 18.4. The van der Waals surface area contributed by atoms with Crippen molar-refractivity contribution in [3.05, 3.63) is 39.4 Å². The van der Waals surface area contributed by atoms with Gasteiger partial charge in [-0.25, -0.2) is 0 Å². The molecule has 0 unspecified atom stereocenters. The zero-order valence-corrected chi connectivity index (χ0v) is 13.7. The molecule has 22 heavy (non-hydrogen) atoms. The lowest BCUT2D eigenvalue weighted by Crippen LogP contribution is -2.40. The van der Waals surface area contributed by atoms with E-state index in [9.17, 15) is 14.9 Å². The van der Waals surface area contributed by atoms with Gasteiger partial charge in [0.25, 0.3) is 11.6 Å². The Labute approximate surface area is 136 Å². The molecule has 0 bridgehead atoms. The predicted molar refractivity (Wildman–Crippen MR) is 87.6 cm³/mol. The minimum absolute atomic E-state index is 0. The van der Waals surface area contributed by atoms with Crippen LogP contribution >= 0.6 is 12.4 Å². The van der Waals surface area contributed by atoms with E-state index >= 15 is 0 Å². The van der Waals surface area contributed by atoms with E-state index < -0.39 is 4.92 Å². The lowest BCUT2D eigenvalue weighted by molar-refractivity contribution is -0.384. The van der Waals surface area contributed by atoms with E-state index in [4.69, 9.17) is 0 Å². The molecule has 122 valence electrons. The number of aryl methyl sites for hydroxylation is 1. The largest absolute Gasteiger partial charge is 0.339 e. The minimum atomic E-state index is -0.455. The quantitative estimate of drug-likeness (QED) is 0.680. The van der Waals surface area contributed by atoms with Gasteiger partial charge in [0.05, 0.1) is 4.92 Å². The molecule has 0 spiro atoms.